The number of likely N-dealkylation sites (N-methyl/N-ethyl adjacent to an activating group) is 3. The number of sulfone groups is 4. The molecule has 2 aliphatic heterocycles. The molecule has 6 rings (SSSR count). The van der Waals surface area contributed by atoms with E-state index in [2.05, 4.69) is 56.5 Å². The molecule has 0 aliphatic carbocycles. The highest BCUT2D eigenvalue weighted by Gasteiger charge is 2.49. The van der Waals surface area contributed by atoms with Crippen molar-refractivity contribution >= 4 is 97.8 Å². The monoisotopic (exact) mass is 1440 g/mol. The Bertz CT molecular complexity index is 3520. The van der Waals surface area contributed by atoms with E-state index in [-0.39, 0.29) is 65.6 Å². The molecule has 4 aromatic carbocycles. The average Bonchev–Trinajstić information content (AvgIpc) is 0.796. The van der Waals surface area contributed by atoms with E-state index in [0.29, 0.717) is 43.9 Å². The van der Waals surface area contributed by atoms with E-state index in [1.165, 1.54) is 45.0 Å². The van der Waals surface area contributed by atoms with E-state index in [1.807, 2.05) is 49.6 Å². The molecule has 534 valence electrons. The highest BCUT2D eigenvalue weighted by Crippen LogP contribution is 2.38. The molecule has 2 heterocycles. The molecule has 4 aromatic rings. The minimum absolute atomic E-state index is 0. The normalized spacial score (nSPS) is 16.2. The van der Waals surface area contributed by atoms with Gasteiger partial charge in [-0.25, -0.2) is 43.3 Å². The lowest BCUT2D eigenvalue weighted by atomic mass is 9.82. The number of carbonyl (C=O) groups excluding carboxylic acids is 4. The van der Waals surface area contributed by atoms with E-state index in [9.17, 15) is 52.8 Å². The van der Waals surface area contributed by atoms with Crippen LogP contribution in [0.15, 0.2) is 119 Å². The third kappa shape index (κ3) is 30.8. The fraction of sp³-hybridized carbons (Fsp3) is 0.559. The second-order valence-corrected chi connectivity index (χ2v) is 35.2. The summed E-state index contributed by atoms with van der Waals surface area (Å²) in [6.07, 6.45) is 2.64. The summed E-state index contributed by atoms with van der Waals surface area (Å²) in [6, 6.07) is 26.4. The number of hydrogen-bond donors (Lipinski definition) is 0. The number of benzene rings is 4. The van der Waals surface area contributed by atoms with Crippen molar-refractivity contribution in [2.75, 3.05) is 145 Å². The van der Waals surface area contributed by atoms with Gasteiger partial charge in [-0.2, -0.15) is 0 Å². The average molecular weight is 1450 g/mol. The molecule has 0 bridgehead atoms. The first-order valence-electron chi connectivity index (χ1n) is 31.2. The van der Waals surface area contributed by atoms with Gasteiger partial charge in [-0.15, -0.1) is 23.2 Å². The number of carbonyl (C=O) groups is 4. The Balaban J connectivity index is 0.000000478. The van der Waals surface area contributed by atoms with Crippen LogP contribution < -0.4 is 19.3 Å². The number of aryl methyl sites for hydroxylation is 2. The van der Waals surface area contributed by atoms with Crippen LogP contribution in [0.3, 0.4) is 0 Å². The summed E-state index contributed by atoms with van der Waals surface area (Å²) in [7, 11) is -2.87. The molecule has 2 saturated heterocycles. The Kier molecular flexibility index (Phi) is 35.2. The van der Waals surface area contributed by atoms with Gasteiger partial charge in [0.25, 0.3) is 0 Å². The summed E-state index contributed by atoms with van der Waals surface area (Å²) in [4.78, 5) is 57.3. The predicted molar refractivity (Wildman–Crippen MR) is 381 cm³/mol. The molecule has 2 aliphatic rings. The molecule has 0 radical (unpaired) electrons. The van der Waals surface area contributed by atoms with Crippen LogP contribution in [0, 0.1) is 19.3 Å². The fourth-order valence-corrected chi connectivity index (χ4v) is 15.6. The molecule has 95 heavy (non-hydrogen) atoms. The smallest absolute Gasteiger partial charge is 0.338 e. The number of anilines is 2. The van der Waals surface area contributed by atoms with Gasteiger partial charge in [-0.3, -0.25) is 9.59 Å². The van der Waals surface area contributed by atoms with Gasteiger partial charge < -0.3 is 43.4 Å². The summed E-state index contributed by atoms with van der Waals surface area (Å²) in [5.74, 6) is -2.69. The fourth-order valence-electron chi connectivity index (χ4n) is 9.08. The van der Waals surface area contributed by atoms with E-state index >= 15 is 0 Å². The molecule has 21 nitrogen and oxygen atoms in total. The molecule has 0 spiro atoms. The van der Waals surface area contributed by atoms with Gasteiger partial charge in [0.05, 0.1) is 62.9 Å². The van der Waals surface area contributed by atoms with Gasteiger partial charge in [0.1, 0.15) is 16.4 Å². The van der Waals surface area contributed by atoms with Crippen molar-refractivity contribution < 1.29 is 71.8 Å². The third-order valence-electron chi connectivity index (χ3n) is 15.0. The van der Waals surface area contributed by atoms with Crippen molar-refractivity contribution in [3.8, 4) is 11.5 Å². The van der Waals surface area contributed by atoms with E-state index in [4.69, 9.17) is 42.1 Å². The maximum Gasteiger partial charge on any atom is 0.338 e. The van der Waals surface area contributed by atoms with Crippen LogP contribution in [0.25, 0.3) is 0 Å². The quantitative estimate of drug-likeness (QED) is 0.0168. The summed E-state index contributed by atoms with van der Waals surface area (Å²) >= 11 is 12.7. The largest absolute Gasteiger partial charge is 0.465 e. The zero-order valence-corrected chi connectivity index (χ0v) is 61.7. The molecular formula is C68H103Cl2N5O16S4. The molecule has 0 aromatic heterocycles. The van der Waals surface area contributed by atoms with Gasteiger partial charge in [-0.05, 0) is 169 Å². The summed E-state index contributed by atoms with van der Waals surface area (Å²) < 4.78 is 118. The summed E-state index contributed by atoms with van der Waals surface area (Å²) in [5, 5.41) is 0. The molecule has 3 unspecified atom stereocenters. The SMILES string of the molecule is C.C=C(C)C(=O)Oc1ccc(N2CCS(=O)(=O)CC2)cc1.CCCCOC(=O)C(C)(CC(C)(Cl)C(=O)Oc1ccc(N2CCS(=O)(=O)CC2)cc1)CS(=O)(=O)c1ccc(C)cc1.CCCCOC(=O)C(C)(Cl)CS(=O)(=O)c1ccc(C)cc1.CN(C)CCN(C)CCN(C)C. The number of nitrogens with zero attached hydrogens (tertiary/aromatic N) is 5. The Morgan fingerprint density at radius 3 is 1.25 bits per heavy atom. The van der Waals surface area contributed by atoms with Crippen molar-refractivity contribution in [2.24, 2.45) is 5.41 Å². The van der Waals surface area contributed by atoms with Gasteiger partial charge >= 0.3 is 23.9 Å². The lowest BCUT2D eigenvalue weighted by Crippen LogP contribution is -2.46. The van der Waals surface area contributed by atoms with Crippen LogP contribution in [0.4, 0.5) is 11.4 Å². The minimum atomic E-state index is -3.94. The Morgan fingerprint density at radius 2 is 0.895 bits per heavy atom. The van der Waals surface area contributed by atoms with E-state index in [0.717, 1.165) is 67.9 Å². The molecule has 2 fully saturated rings. The Labute approximate surface area is 577 Å². The molecule has 27 heteroatoms. The zero-order chi connectivity index (χ0) is 70.9. The number of esters is 4. The molecule has 0 N–H and O–H groups in total. The highest BCUT2D eigenvalue weighted by molar-refractivity contribution is 7.92. The van der Waals surface area contributed by atoms with Crippen LogP contribution >= 0.6 is 23.2 Å². The molecular weight excluding hydrogens is 1340 g/mol. The van der Waals surface area contributed by atoms with Crippen molar-refractivity contribution in [3.05, 3.63) is 120 Å². The number of alkyl halides is 2. The Morgan fingerprint density at radius 1 is 0.537 bits per heavy atom. The van der Waals surface area contributed by atoms with Gasteiger partial charge in [0.15, 0.2) is 44.2 Å². The zero-order valence-electron chi connectivity index (χ0n) is 57.0. The highest BCUT2D eigenvalue weighted by atomic mass is 35.5. The number of rotatable bonds is 28. The lowest BCUT2D eigenvalue weighted by Gasteiger charge is -2.33. The third-order valence-corrected chi connectivity index (χ3v) is 22.9. The lowest BCUT2D eigenvalue weighted by molar-refractivity contribution is -0.155. The number of hydrogen-bond acceptors (Lipinski definition) is 21. The van der Waals surface area contributed by atoms with E-state index < -0.39 is 89.9 Å². The van der Waals surface area contributed by atoms with Gasteiger partial charge in [0.2, 0.25) is 0 Å². The van der Waals surface area contributed by atoms with Gasteiger partial charge in [0, 0.05) is 69.3 Å². The number of unbranched alkanes of at least 4 members (excludes halogenated alkanes) is 2. The predicted octanol–water partition coefficient (Wildman–Crippen LogP) is 9.54. The topological polar surface area (TPSA) is 258 Å². The maximum absolute atomic E-state index is 13.3. The molecule has 0 saturated carbocycles. The summed E-state index contributed by atoms with van der Waals surface area (Å²) in [5.41, 5.74) is 2.26. The first-order valence-corrected chi connectivity index (χ1v) is 38.9. The van der Waals surface area contributed by atoms with E-state index in [1.54, 1.807) is 67.6 Å². The molecule has 3 atom stereocenters. The van der Waals surface area contributed by atoms with Gasteiger partial charge in [-0.1, -0.05) is 76.1 Å². The van der Waals surface area contributed by atoms with Crippen LogP contribution in [0.5, 0.6) is 11.5 Å². The van der Waals surface area contributed by atoms with Crippen molar-refractivity contribution in [1.29, 1.82) is 0 Å². The second-order valence-electron chi connectivity index (χ2n) is 25.0. The number of ether oxygens (including phenoxy) is 4. The van der Waals surface area contributed by atoms with Crippen LogP contribution in [0.1, 0.15) is 92.2 Å². The summed E-state index contributed by atoms with van der Waals surface area (Å²) in [6.45, 7) is 23.6. The van der Waals surface area contributed by atoms with Crippen LogP contribution in [-0.4, -0.2) is 217 Å². The Hall–Kier alpha value is -5.64. The maximum atomic E-state index is 13.3. The second kappa shape index (κ2) is 39.1. The first kappa shape index (κ1) is 85.4. The van der Waals surface area contributed by atoms with Crippen molar-refractivity contribution in [1.82, 2.24) is 14.7 Å². The van der Waals surface area contributed by atoms with Crippen molar-refractivity contribution in [3.63, 3.8) is 0 Å². The van der Waals surface area contributed by atoms with Crippen LogP contribution in [-0.2, 0) is 68.0 Å². The standard InChI is InChI=1S/C29H38ClNO8S2.C15H21ClO4S.C14H17NO4S.C9H23N3.CH4/c1-5-6-17-38-26(32)28(3,21-41(36,37)25-13-7-22(2)8-14-25)20-29(4,30)27(33)39-24-11-9-23(10-12-24)31-15-18-40(34,35)19-16-31;1-4-5-10-20-14(17)15(3,16)11-21(18,19)13-8-6-12(2)7-9-13;1-11(2)14(16)19-13-5-3-12(4-6-13)15-7-9-20(17,18)10-8-15;1-10(2)6-8-12(5)9-7-11(3)4;/h7-14H,5-6,15-21H2,1-4H3;6-9H,4-5,10-11H2,1-3H3;3-6H,1,7-10H2,2H3;6-9H2,1-5H3;1H4. The van der Waals surface area contributed by atoms with Crippen molar-refractivity contribution in [2.45, 2.75) is 114 Å². The first-order chi connectivity index (χ1) is 43.6. The van der Waals surface area contributed by atoms with Crippen LogP contribution in [0.2, 0.25) is 0 Å². The molecule has 0 amide bonds. The minimum Gasteiger partial charge on any atom is -0.465 e. The number of halogens is 2.